The van der Waals surface area contributed by atoms with Crippen LogP contribution in [-0.4, -0.2) is 17.2 Å². The van der Waals surface area contributed by atoms with E-state index in [9.17, 15) is 0 Å². The van der Waals surface area contributed by atoms with E-state index in [-0.39, 0.29) is 0 Å². The number of benzene rings is 9. The number of hydrogen-bond acceptors (Lipinski definition) is 0. The fourth-order valence-corrected chi connectivity index (χ4v) is 14.4. The molecule has 2 nitrogen and oxygen atoms in total. The van der Waals surface area contributed by atoms with Crippen LogP contribution in [0.25, 0.3) is 66.1 Å². The largest absolute Gasteiger partial charge is 0.309 e. The molecule has 0 aliphatic carbocycles. The van der Waals surface area contributed by atoms with Crippen LogP contribution >= 0.6 is 0 Å². The Morgan fingerprint density at radius 3 is 1.32 bits per heavy atom. The van der Waals surface area contributed by atoms with Crippen molar-refractivity contribution >= 4 is 72.4 Å². The Balaban J connectivity index is 1.21. The van der Waals surface area contributed by atoms with Gasteiger partial charge < -0.3 is 9.13 Å². The molecule has 268 valence electrons. The van der Waals surface area contributed by atoms with E-state index >= 15 is 0 Å². The Kier molecular flexibility index (Phi) is 7.87. The summed E-state index contributed by atoms with van der Waals surface area (Å²) >= 11 is 0. The molecule has 0 saturated heterocycles. The van der Waals surface area contributed by atoms with Gasteiger partial charge in [-0.05, 0) is 74.3 Å². The van der Waals surface area contributed by atoms with Gasteiger partial charge in [0.2, 0.25) is 0 Å². The van der Waals surface area contributed by atoms with E-state index in [0.717, 1.165) is 11.4 Å². The molecule has 0 N–H and O–H groups in total. The predicted octanol–water partition coefficient (Wildman–Crippen LogP) is 10.9. The second-order valence-corrected chi connectivity index (χ2v) is 18.6. The maximum atomic E-state index is 2.55. The fourth-order valence-electron chi connectivity index (χ4n) is 9.43. The van der Waals surface area contributed by atoms with Crippen LogP contribution in [0.4, 0.5) is 0 Å². The molecule has 2 heterocycles. The van der Waals surface area contributed by atoms with E-state index in [1.54, 1.807) is 0 Å². The molecular formula is C54H38N2Si. The van der Waals surface area contributed by atoms with E-state index < -0.39 is 8.07 Å². The van der Waals surface area contributed by atoms with Gasteiger partial charge in [0.15, 0.2) is 8.07 Å². The highest BCUT2D eigenvalue weighted by Crippen LogP contribution is 2.37. The minimum atomic E-state index is -2.88. The zero-order valence-corrected chi connectivity index (χ0v) is 32.3. The van der Waals surface area contributed by atoms with Gasteiger partial charge in [-0.1, -0.05) is 188 Å². The van der Waals surface area contributed by atoms with E-state index in [2.05, 4.69) is 240 Å². The Morgan fingerprint density at radius 1 is 0.281 bits per heavy atom. The highest BCUT2D eigenvalue weighted by molar-refractivity contribution is 7.20. The SMILES string of the molecule is c1ccc(-c2ccc(-n3c4ccccc4c4cc(-n5c6ccccc6c6cccc([Si](c7ccccc7)(c7ccccc7)c7ccccc7)c65)ccc43)cc2)cc1. The fraction of sp³-hybridized carbons (Fsp3) is 0. The smallest absolute Gasteiger partial charge is 0.181 e. The molecule has 0 unspecified atom stereocenters. The first kappa shape index (κ1) is 33.2. The zero-order valence-electron chi connectivity index (χ0n) is 31.3. The molecule has 11 rings (SSSR count). The Bertz CT molecular complexity index is 3100. The first-order chi connectivity index (χ1) is 28.3. The number of fused-ring (bicyclic) bond motifs is 6. The third-order valence-corrected chi connectivity index (χ3v) is 16.7. The molecule has 0 aliphatic heterocycles. The summed E-state index contributed by atoms with van der Waals surface area (Å²) in [6.07, 6.45) is 0. The molecule has 0 amide bonds. The molecule has 0 saturated carbocycles. The van der Waals surface area contributed by atoms with Gasteiger partial charge in [-0.2, -0.15) is 0 Å². The molecule has 2 aromatic heterocycles. The molecule has 0 bridgehead atoms. The lowest BCUT2D eigenvalue weighted by molar-refractivity contribution is 1.17. The maximum Gasteiger partial charge on any atom is 0.181 e. The van der Waals surface area contributed by atoms with Gasteiger partial charge in [-0.25, -0.2) is 0 Å². The van der Waals surface area contributed by atoms with Crippen molar-refractivity contribution in [3.05, 3.63) is 231 Å². The quantitative estimate of drug-likeness (QED) is 0.114. The molecule has 0 aliphatic rings. The van der Waals surface area contributed by atoms with Crippen molar-refractivity contribution in [1.29, 1.82) is 0 Å². The monoisotopic (exact) mass is 742 g/mol. The van der Waals surface area contributed by atoms with Crippen molar-refractivity contribution in [3.63, 3.8) is 0 Å². The average molecular weight is 743 g/mol. The van der Waals surface area contributed by atoms with Crippen molar-refractivity contribution < 1.29 is 0 Å². The van der Waals surface area contributed by atoms with Crippen LogP contribution in [0.5, 0.6) is 0 Å². The summed E-state index contributed by atoms with van der Waals surface area (Å²) in [4.78, 5) is 0. The van der Waals surface area contributed by atoms with Crippen molar-refractivity contribution in [2.24, 2.45) is 0 Å². The summed E-state index contributed by atoms with van der Waals surface area (Å²) in [6.45, 7) is 0. The minimum Gasteiger partial charge on any atom is -0.309 e. The second-order valence-electron chi connectivity index (χ2n) is 14.9. The van der Waals surface area contributed by atoms with E-state index in [4.69, 9.17) is 0 Å². The summed E-state index contributed by atoms with van der Waals surface area (Å²) in [5, 5.41) is 10.5. The third-order valence-electron chi connectivity index (χ3n) is 11.9. The first-order valence-corrected chi connectivity index (χ1v) is 21.7. The molecule has 9 aromatic carbocycles. The van der Waals surface area contributed by atoms with Crippen LogP contribution in [0.2, 0.25) is 0 Å². The number of aromatic nitrogens is 2. The lowest BCUT2D eigenvalue weighted by Gasteiger charge is -2.35. The standard InChI is InChI=1S/C54H38N2Si/c1-5-18-39(19-6-1)40-32-34-41(35-33-40)55-50-29-15-14-27-47(50)49-38-42(36-37-52(49)55)56-51-30-16-13-26-46(51)48-28-17-31-53(54(48)56)57(43-20-7-2-8-21-43,44-22-9-3-10-23-44)45-24-11-4-12-25-45/h1-38H. The second kappa shape index (κ2) is 13.5. The maximum absolute atomic E-state index is 2.88. The summed E-state index contributed by atoms with van der Waals surface area (Å²) in [7, 11) is -2.88. The molecule has 3 heteroatoms. The van der Waals surface area contributed by atoms with Crippen molar-refractivity contribution in [1.82, 2.24) is 9.13 Å². The van der Waals surface area contributed by atoms with E-state index in [1.807, 2.05) is 0 Å². The Morgan fingerprint density at radius 2 is 0.719 bits per heavy atom. The zero-order chi connectivity index (χ0) is 37.8. The molecule has 11 aromatic rings. The number of para-hydroxylation sites is 3. The predicted molar refractivity (Wildman–Crippen MR) is 244 cm³/mol. The molecule has 57 heavy (non-hydrogen) atoms. The van der Waals surface area contributed by atoms with Gasteiger partial charge in [-0.3, -0.25) is 0 Å². The van der Waals surface area contributed by atoms with Crippen LogP contribution in [-0.2, 0) is 0 Å². The van der Waals surface area contributed by atoms with Crippen molar-refractivity contribution in [2.45, 2.75) is 0 Å². The average Bonchev–Trinajstić information content (AvgIpc) is 3.81. The highest BCUT2D eigenvalue weighted by atomic mass is 28.3. The normalized spacial score (nSPS) is 11.9. The summed E-state index contributed by atoms with van der Waals surface area (Å²) < 4.78 is 4.97. The number of nitrogens with zero attached hydrogens (tertiary/aromatic N) is 2. The van der Waals surface area contributed by atoms with Crippen LogP contribution in [0.3, 0.4) is 0 Å². The molecule has 0 fully saturated rings. The molecule has 0 atom stereocenters. The molecular weight excluding hydrogens is 705 g/mol. The Labute approximate surface area is 333 Å². The molecule has 0 radical (unpaired) electrons. The topological polar surface area (TPSA) is 9.86 Å². The summed E-state index contributed by atoms with van der Waals surface area (Å²) in [5.74, 6) is 0. The minimum absolute atomic E-state index is 1.15. The lowest BCUT2D eigenvalue weighted by Crippen LogP contribution is -2.75. The van der Waals surface area contributed by atoms with E-state index in [1.165, 1.54) is 75.5 Å². The van der Waals surface area contributed by atoms with Gasteiger partial charge in [0.05, 0.1) is 22.1 Å². The van der Waals surface area contributed by atoms with Crippen LogP contribution in [0.15, 0.2) is 231 Å². The Hall–Kier alpha value is -7.20. The van der Waals surface area contributed by atoms with E-state index in [0.29, 0.717) is 0 Å². The molecule has 0 spiro atoms. The van der Waals surface area contributed by atoms with Gasteiger partial charge in [0.1, 0.15) is 0 Å². The van der Waals surface area contributed by atoms with Gasteiger partial charge >= 0.3 is 0 Å². The van der Waals surface area contributed by atoms with Crippen LogP contribution in [0, 0.1) is 0 Å². The third kappa shape index (κ3) is 5.17. The summed E-state index contributed by atoms with van der Waals surface area (Å²) in [6, 6.07) is 85.2. The number of hydrogen-bond donors (Lipinski definition) is 0. The summed E-state index contributed by atoms with van der Waals surface area (Å²) in [5.41, 5.74) is 9.60. The van der Waals surface area contributed by atoms with Crippen LogP contribution < -0.4 is 20.7 Å². The lowest BCUT2D eigenvalue weighted by atomic mass is 10.1. The van der Waals surface area contributed by atoms with Gasteiger partial charge in [-0.15, -0.1) is 0 Å². The van der Waals surface area contributed by atoms with Crippen molar-refractivity contribution in [2.75, 3.05) is 0 Å². The van der Waals surface area contributed by atoms with Crippen molar-refractivity contribution in [3.8, 4) is 22.5 Å². The van der Waals surface area contributed by atoms with Gasteiger partial charge in [0.25, 0.3) is 0 Å². The first-order valence-electron chi connectivity index (χ1n) is 19.7. The highest BCUT2D eigenvalue weighted by Gasteiger charge is 2.43. The van der Waals surface area contributed by atoms with Gasteiger partial charge in [0, 0.05) is 32.9 Å². The number of rotatable bonds is 7. The van der Waals surface area contributed by atoms with Crippen LogP contribution in [0.1, 0.15) is 0 Å².